The second kappa shape index (κ2) is 9.63. The minimum Gasteiger partial charge on any atom is -0.494 e. The molecule has 7 heteroatoms. The molecule has 0 N–H and O–H groups in total. The largest absolute Gasteiger partial charge is 0.494 e. The number of ether oxygens (including phenoxy) is 1. The lowest BCUT2D eigenvalue weighted by atomic mass is 10.0. The maximum absolute atomic E-state index is 13.5. The van der Waals surface area contributed by atoms with Crippen LogP contribution in [0, 0.1) is 6.92 Å². The molecule has 4 rings (SSSR count). The lowest BCUT2D eigenvalue weighted by molar-refractivity contribution is 0.0735. The van der Waals surface area contributed by atoms with E-state index in [9.17, 15) is 13.2 Å². The van der Waals surface area contributed by atoms with Gasteiger partial charge in [0.05, 0.1) is 17.5 Å². The van der Waals surface area contributed by atoms with Crippen molar-refractivity contribution in [3.63, 3.8) is 0 Å². The molecule has 2 aromatic carbocycles. The summed E-state index contributed by atoms with van der Waals surface area (Å²) in [6, 6.07) is 13.0. The number of hydrogen-bond donors (Lipinski definition) is 0. The fraction of sp³-hybridized carbons (Fsp3) is 0.480. The number of piperidine rings is 1. The summed E-state index contributed by atoms with van der Waals surface area (Å²) in [5.41, 5.74) is 2.19. The van der Waals surface area contributed by atoms with Crippen LogP contribution in [-0.2, 0) is 10.0 Å². The van der Waals surface area contributed by atoms with Crippen molar-refractivity contribution >= 4 is 15.9 Å². The van der Waals surface area contributed by atoms with Gasteiger partial charge in [-0.05, 0) is 74.9 Å². The van der Waals surface area contributed by atoms with Gasteiger partial charge in [-0.2, -0.15) is 4.31 Å². The molecule has 1 amide bonds. The van der Waals surface area contributed by atoms with Gasteiger partial charge in [0, 0.05) is 25.2 Å². The summed E-state index contributed by atoms with van der Waals surface area (Å²) in [4.78, 5) is 15.6. The van der Waals surface area contributed by atoms with Gasteiger partial charge in [-0.1, -0.05) is 24.6 Å². The number of carbonyl (C=O) groups excluding carboxylic acids is 1. The van der Waals surface area contributed by atoms with E-state index in [1.165, 1.54) is 0 Å². The SMILES string of the molecule is CCOc1ccc(C2CCCN2C(=O)c2ccc(C)c(S(=O)(=O)N3CCCCC3)c2)cc1. The van der Waals surface area contributed by atoms with Crippen LogP contribution in [0.4, 0.5) is 0 Å². The Labute approximate surface area is 191 Å². The van der Waals surface area contributed by atoms with E-state index in [4.69, 9.17) is 4.74 Å². The molecule has 0 bridgehead atoms. The van der Waals surface area contributed by atoms with Gasteiger partial charge in [-0.25, -0.2) is 8.42 Å². The number of nitrogens with zero attached hydrogens (tertiary/aromatic N) is 2. The Morgan fingerprint density at radius 1 is 1.00 bits per heavy atom. The summed E-state index contributed by atoms with van der Waals surface area (Å²) < 4.78 is 33.6. The van der Waals surface area contributed by atoms with Gasteiger partial charge < -0.3 is 9.64 Å². The van der Waals surface area contributed by atoms with Gasteiger partial charge in [0.1, 0.15) is 5.75 Å². The van der Waals surface area contributed by atoms with Crippen molar-refractivity contribution in [2.24, 2.45) is 0 Å². The monoisotopic (exact) mass is 456 g/mol. The highest BCUT2D eigenvalue weighted by Crippen LogP contribution is 2.34. The summed E-state index contributed by atoms with van der Waals surface area (Å²) >= 11 is 0. The second-order valence-electron chi connectivity index (χ2n) is 8.60. The molecule has 1 atom stereocenters. The Morgan fingerprint density at radius 2 is 1.72 bits per heavy atom. The van der Waals surface area contributed by atoms with Gasteiger partial charge in [-0.3, -0.25) is 4.79 Å². The van der Waals surface area contributed by atoms with Crippen molar-refractivity contribution < 1.29 is 17.9 Å². The quantitative estimate of drug-likeness (QED) is 0.640. The predicted octanol–water partition coefficient (Wildman–Crippen LogP) is 4.55. The summed E-state index contributed by atoms with van der Waals surface area (Å²) in [6.45, 7) is 6.12. The van der Waals surface area contributed by atoms with Crippen molar-refractivity contribution in [2.75, 3.05) is 26.2 Å². The lowest BCUT2D eigenvalue weighted by Gasteiger charge is -2.28. The van der Waals surface area contributed by atoms with Gasteiger partial charge in [0.15, 0.2) is 0 Å². The van der Waals surface area contributed by atoms with Crippen LogP contribution in [0.2, 0.25) is 0 Å². The topological polar surface area (TPSA) is 66.9 Å². The molecular formula is C25H32N2O4S. The number of carbonyl (C=O) groups is 1. The molecule has 2 heterocycles. The third kappa shape index (κ3) is 4.55. The van der Waals surface area contributed by atoms with Gasteiger partial charge in [0.2, 0.25) is 10.0 Å². The minimum atomic E-state index is -3.60. The molecule has 2 saturated heterocycles. The zero-order valence-corrected chi connectivity index (χ0v) is 19.7. The number of likely N-dealkylation sites (tertiary alicyclic amines) is 1. The third-order valence-electron chi connectivity index (χ3n) is 6.46. The van der Waals surface area contributed by atoms with Crippen molar-refractivity contribution in [3.8, 4) is 5.75 Å². The Morgan fingerprint density at radius 3 is 2.41 bits per heavy atom. The summed E-state index contributed by atoms with van der Waals surface area (Å²) in [6.07, 6.45) is 4.65. The van der Waals surface area contributed by atoms with E-state index in [0.29, 0.717) is 37.4 Å². The van der Waals surface area contributed by atoms with Crippen molar-refractivity contribution in [3.05, 3.63) is 59.2 Å². The highest BCUT2D eigenvalue weighted by molar-refractivity contribution is 7.89. The predicted molar refractivity (Wildman–Crippen MR) is 124 cm³/mol. The zero-order valence-electron chi connectivity index (χ0n) is 18.9. The second-order valence-corrected chi connectivity index (χ2v) is 10.5. The molecule has 2 aromatic rings. The molecule has 32 heavy (non-hydrogen) atoms. The van der Waals surface area contributed by atoms with E-state index in [-0.39, 0.29) is 16.8 Å². The van der Waals surface area contributed by atoms with E-state index in [0.717, 1.165) is 43.4 Å². The van der Waals surface area contributed by atoms with E-state index >= 15 is 0 Å². The van der Waals surface area contributed by atoms with Gasteiger partial charge in [0.25, 0.3) is 5.91 Å². The number of amides is 1. The first-order valence-electron chi connectivity index (χ1n) is 11.6. The van der Waals surface area contributed by atoms with Crippen molar-refractivity contribution in [1.82, 2.24) is 9.21 Å². The molecule has 0 radical (unpaired) electrons. The Hall–Kier alpha value is -2.38. The molecule has 2 fully saturated rings. The van der Waals surface area contributed by atoms with Crippen LogP contribution in [0.15, 0.2) is 47.4 Å². The number of sulfonamides is 1. The van der Waals surface area contributed by atoms with Gasteiger partial charge >= 0.3 is 0 Å². The Kier molecular flexibility index (Phi) is 6.86. The van der Waals surface area contributed by atoms with Crippen LogP contribution in [0.1, 0.15) is 66.6 Å². The van der Waals surface area contributed by atoms with Crippen LogP contribution in [0.5, 0.6) is 5.75 Å². The molecule has 2 aliphatic heterocycles. The number of aryl methyl sites for hydroxylation is 1. The fourth-order valence-electron chi connectivity index (χ4n) is 4.73. The molecule has 0 aromatic heterocycles. The van der Waals surface area contributed by atoms with E-state index in [2.05, 4.69) is 0 Å². The smallest absolute Gasteiger partial charge is 0.254 e. The Bertz CT molecular complexity index is 1060. The molecule has 0 saturated carbocycles. The zero-order chi connectivity index (χ0) is 22.7. The van der Waals surface area contributed by atoms with Crippen LogP contribution >= 0.6 is 0 Å². The van der Waals surface area contributed by atoms with E-state index < -0.39 is 10.0 Å². The van der Waals surface area contributed by atoms with E-state index in [1.54, 1.807) is 29.4 Å². The number of benzene rings is 2. The molecule has 0 spiro atoms. The molecule has 1 unspecified atom stereocenters. The average Bonchev–Trinajstić information content (AvgIpc) is 3.30. The molecule has 2 aliphatic rings. The number of rotatable bonds is 6. The first kappa shape index (κ1) is 22.8. The van der Waals surface area contributed by atoms with Crippen LogP contribution in [0.3, 0.4) is 0 Å². The molecule has 172 valence electrons. The first-order valence-corrected chi connectivity index (χ1v) is 13.0. The Balaban J connectivity index is 1.59. The fourth-order valence-corrected chi connectivity index (χ4v) is 6.50. The first-order chi connectivity index (χ1) is 15.4. The molecular weight excluding hydrogens is 424 g/mol. The maximum Gasteiger partial charge on any atom is 0.254 e. The van der Waals surface area contributed by atoms with E-state index in [1.807, 2.05) is 36.1 Å². The summed E-state index contributed by atoms with van der Waals surface area (Å²) in [5.74, 6) is 0.703. The molecule has 0 aliphatic carbocycles. The summed E-state index contributed by atoms with van der Waals surface area (Å²) in [5, 5.41) is 0. The lowest BCUT2D eigenvalue weighted by Crippen LogP contribution is -2.36. The summed E-state index contributed by atoms with van der Waals surface area (Å²) in [7, 11) is -3.60. The van der Waals surface area contributed by atoms with Crippen LogP contribution < -0.4 is 4.74 Å². The highest BCUT2D eigenvalue weighted by Gasteiger charge is 2.32. The third-order valence-corrected chi connectivity index (χ3v) is 8.50. The highest BCUT2D eigenvalue weighted by atomic mass is 32.2. The molecule has 6 nitrogen and oxygen atoms in total. The van der Waals surface area contributed by atoms with Crippen LogP contribution in [-0.4, -0.2) is 49.8 Å². The maximum atomic E-state index is 13.5. The number of hydrogen-bond acceptors (Lipinski definition) is 4. The van der Waals surface area contributed by atoms with Crippen molar-refractivity contribution in [1.29, 1.82) is 0 Å². The normalized spacial score (nSPS) is 19.8. The van der Waals surface area contributed by atoms with Gasteiger partial charge in [-0.15, -0.1) is 0 Å². The van der Waals surface area contributed by atoms with Crippen LogP contribution in [0.25, 0.3) is 0 Å². The van der Waals surface area contributed by atoms with Crippen molar-refractivity contribution in [2.45, 2.75) is 56.9 Å². The average molecular weight is 457 g/mol. The minimum absolute atomic E-state index is 0.0124. The standard InChI is InChI=1S/C25H32N2O4S/c1-3-31-22-13-11-20(12-14-22)23-8-7-17-27(23)25(28)21-10-9-19(2)24(18-21)32(29,30)26-15-5-4-6-16-26/h9-14,18,23H,3-8,15-17H2,1-2H3.